The molecule has 0 aliphatic carbocycles. The van der Waals surface area contributed by atoms with Crippen LogP contribution in [0.1, 0.15) is 27.4 Å². The second kappa shape index (κ2) is 5.58. The van der Waals surface area contributed by atoms with Gasteiger partial charge in [0, 0.05) is 24.1 Å². The number of sulfonamides is 1. The van der Waals surface area contributed by atoms with Crippen molar-refractivity contribution in [3.63, 3.8) is 0 Å². The van der Waals surface area contributed by atoms with Crippen LogP contribution in [-0.2, 0) is 14.8 Å². The van der Waals surface area contributed by atoms with Crippen molar-refractivity contribution in [3.8, 4) is 0 Å². The van der Waals surface area contributed by atoms with E-state index in [4.69, 9.17) is 9.88 Å². The third-order valence-corrected chi connectivity index (χ3v) is 5.17. The zero-order chi connectivity index (χ0) is 14.0. The summed E-state index contributed by atoms with van der Waals surface area (Å²) in [7, 11) is -3.77. The van der Waals surface area contributed by atoms with Crippen LogP contribution >= 0.6 is 11.3 Å². The van der Waals surface area contributed by atoms with Gasteiger partial charge in [0.05, 0.1) is 9.77 Å². The first kappa shape index (κ1) is 14.4. The summed E-state index contributed by atoms with van der Waals surface area (Å²) in [4.78, 5) is 12.9. The van der Waals surface area contributed by atoms with Gasteiger partial charge in [-0.25, -0.2) is 13.6 Å². The monoisotopic (exact) mass is 304 g/mol. The van der Waals surface area contributed by atoms with Gasteiger partial charge >= 0.3 is 0 Å². The largest absolute Gasteiger partial charge is 0.381 e. The molecule has 1 fully saturated rings. The Morgan fingerprint density at radius 3 is 2.63 bits per heavy atom. The molecule has 0 radical (unpaired) electrons. The number of ether oxygens (including phenoxy) is 1. The lowest BCUT2D eigenvalue weighted by atomic mass is 10.1. The summed E-state index contributed by atoms with van der Waals surface area (Å²) in [5.41, 5.74) is 0. The molecule has 0 saturated carbocycles. The molecule has 8 heteroatoms. The molecule has 0 atom stereocenters. The van der Waals surface area contributed by atoms with Gasteiger partial charge in [-0.3, -0.25) is 4.79 Å². The topological polar surface area (TPSA) is 98.5 Å². The minimum absolute atomic E-state index is 0.0228. The molecule has 6 nitrogen and oxygen atoms in total. The number of primary sulfonamides is 1. The van der Waals surface area contributed by atoms with Crippen LogP contribution < -0.4 is 10.5 Å². The fraction of sp³-hybridized carbons (Fsp3) is 0.545. The van der Waals surface area contributed by atoms with Gasteiger partial charge in [-0.05, 0) is 25.8 Å². The number of rotatable bonds is 3. The van der Waals surface area contributed by atoms with Crippen LogP contribution in [0.25, 0.3) is 0 Å². The molecule has 1 saturated heterocycles. The number of carbonyl (C=O) groups excluding carboxylic acids is 1. The lowest BCUT2D eigenvalue weighted by molar-refractivity contribution is 0.0698. The molecule has 1 aliphatic rings. The SMILES string of the molecule is Cc1sc(C(=O)NC2CCOCC2)cc1S(N)(=O)=O. The lowest BCUT2D eigenvalue weighted by Crippen LogP contribution is -2.38. The van der Waals surface area contributed by atoms with Crippen molar-refractivity contribution in [3.05, 3.63) is 15.8 Å². The average Bonchev–Trinajstić information content (AvgIpc) is 2.72. The Bertz CT molecular complexity index is 574. The van der Waals surface area contributed by atoms with Crippen LogP contribution in [0.4, 0.5) is 0 Å². The molecule has 1 amide bonds. The second-order valence-electron chi connectivity index (χ2n) is 4.44. The summed E-state index contributed by atoms with van der Waals surface area (Å²) in [6.07, 6.45) is 1.55. The number of hydrogen-bond acceptors (Lipinski definition) is 5. The highest BCUT2D eigenvalue weighted by Gasteiger charge is 2.22. The van der Waals surface area contributed by atoms with Crippen molar-refractivity contribution in [2.24, 2.45) is 5.14 Å². The van der Waals surface area contributed by atoms with Gasteiger partial charge in [0.2, 0.25) is 10.0 Å². The standard InChI is InChI=1S/C11H16N2O4S2/c1-7-10(19(12,15)16)6-9(18-7)11(14)13-8-2-4-17-5-3-8/h6,8H,2-5H2,1H3,(H,13,14)(H2,12,15,16). The predicted octanol–water partition coefficient (Wildman–Crippen LogP) is 0.613. The van der Waals surface area contributed by atoms with Gasteiger partial charge in [-0.2, -0.15) is 0 Å². The molecule has 0 spiro atoms. The molecule has 106 valence electrons. The van der Waals surface area contributed by atoms with Crippen LogP contribution in [-0.4, -0.2) is 33.6 Å². The first-order chi connectivity index (χ1) is 8.88. The van der Waals surface area contributed by atoms with Gasteiger partial charge in [0.1, 0.15) is 0 Å². The van der Waals surface area contributed by atoms with Gasteiger partial charge in [0.25, 0.3) is 5.91 Å². The zero-order valence-corrected chi connectivity index (χ0v) is 12.1. The van der Waals surface area contributed by atoms with Crippen LogP contribution in [0.3, 0.4) is 0 Å². The van der Waals surface area contributed by atoms with E-state index in [9.17, 15) is 13.2 Å². The lowest BCUT2D eigenvalue weighted by Gasteiger charge is -2.22. The summed E-state index contributed by atoms with van der Waals surface area (Å²) >= 11 is 1.14. The maximum absolute atomic E-state index is 12.0. The minimum Gasteiger partial charge on any atom is -0.381 e. The van der Waals surface area contributed by atoms with Crippen molar-refractivity contribution in [2.75, 3.05) is 13.2 Å². The van der Waals surface area contributed by atoms with E-state index in [1.54, 1.807) is 6.92 Å². The van der Waals surface area contributed by atoms with Gasteiger partial charge in [-0.1, -0.05) is 0 Å². The van der Waals surface area contributed by atoms with Crippen molar-refractivity contribution in [2.45, 2.75) is 30.7 Å². The fourth-order valence-electron chi connectivity index (χ4n) is 1.96. The summed E-state index contributed by atoms with van der Waals surface area (Å²) in [5, 5.41) is 7.97. The number of carbonyl (C=O) groups is 1. The van der Waals surface area contributed by atoms with E-state index in [0.29, 0.717) is 23.0 Å². The summed E-state index contributed by atoms with van der Waals surface area (Å²) in [6, 6.07) is 1.42. The molecule has 0 unspecified atom stereocenters. The van der Waals surface area contributed by atoms with Crippen molar-refractivity contribution in [1.29, 1.82) is 0 Å². The fourth-order valence-corrected chi connectivity index (χ4v) is 4.01. The number of hydrogen-bond donors (Lipinski definition) is 2. The molecule has 3 N–H and O–H groups in total. The Morgan fingerprint density at radius 1 is 1.47 bits per heavy atom. The Labute approximate surface area is 116 Å². The normalized spacial score (nSPS) is 17.4. The maximum atomic E-state index is 12.0. The first-order valence-corrected chi connectivity index (χ1v) is 8.26. The summed E-state index contributed by atoms with van der Waals surface area (Å²) in [6.45, 7) is 2.91. The molecule has 2 heterocycles. The highest BCUT2D eigenvalue weighted by atomic mass is 32.2. The van der Waals surface area contributed by atoms with E-state index >= 15 is 0 Å². The van der Waals surface area contributed by atoms with E-state index in [-0.39, 0.29) is 16.8 Å². The third-order valence-electron chi connectivity index (χ3n) is 2.96. The number of thiophene rings is 1. The van der Waals surface area contributed by atoms with E-state index in [1.165, 1.54) is 6.07 Å². The van der Waals surface area contributed by atoms with E-state index in [1.807, 2.05) is 0 Å². The van der Waals surface area contributed by atoms with Gasteiger partial charge < -0.3 is 10.1 Å². The highest BCUT2D eigenvalue weighted by molar-refractivity contribution is 7.89. The van der Waals surface area contributed by atoms with Crippen LogP contribution in [0.5, 0.6) is 0 Å². The number of nitrogens with two attached hydrogens (primary N) is 1. The summed E-state index contributed by atoms with van der Waals surface area (Å²) in [5.74, 6) is -0.255. The van der Waals surface area contributed by atoms with E-state index in [0.717, 1.165) is 24.2 Å². The van der Waals surface area contributed by atoms with Crippen molar-refractivity contribution >= 4 is 27.3 Å². The number of aryl methyl sites for hydroxylation is 1. The molecule has 0 bridgehead atoms. The second-order valence-corrected chi connectivity index (χ2v) is 7.22. The summed E-state index contributed by atoms with van der Waals surface area (Å²) < 4.78 is 27.8. The highest BCUT2D eigenvalue weighted by Crippen LogP contribution is 2.25. The average molecular weight is 304 g/mol. The third kappa shape index (κ3) is 3.53. The molecule has 2 rings (SSSR count). The quantitative estimate of drug-likeness (QED) is 0.855. The van der Waals surface area contributed by atoms with Crippen LogP contribution in [0.15, 0.2) is 11.0 Å². The Balaban J connectivity index is 2.11. The minimum atomic E-state index is -3.77. The smallest absolute Gasteiger partial charge is 0.261 e. The zero-order valence-electron chi connectivity index (χ0n) is 10.5. The van der Waals surface area contributed by atoms with Gasteiger partial charge in [0.15, 0.2) is 0 Å². The Hall–Kier alpha value is -0.960. The van der Waals surface area contributed by atoms with E-state index < -0.39 is 10.0 Å². The maximum Gasteiger partial charge on any atom is 0.261 e. The molecule has 1 aromatic rings. The first-order valence-electron chi connectivity index (χ1n) is 5.90. The van der Waals surface area contributed by atoms with Crippen LogP contribution in [0, 0.1) is 6.92 Å². The van der Waals surface area contributed by atoms with Crippen LogP contribution in [0.2, 0.25) is 0 Å². The number of nitrogens with one attached hydrogen (secondary N) is 1. The van der Waals surface area contributed by atoms with Crippen molar-refractivity contribution in [1.82, 2.24) is 5.32 Å². The molecule has 19 heavy (non-hydrogen) atoms. The molecule has 0 aromatic carbocycles. The Morgan fingerprint density at radius 2 is 2.11 bits per heavy atom. The predicted molar refractivity (Wildman–Crippen MR) is 71.7 cm³/mol. The Kier molecular flexibility index (Phi) is 4.24. The molecular weight excluding hydrogens is 288 g/mol. The molecule has 1 aliphatic heterocycles. The molecular formula is C11H16N2O4S2. The van der Waals surface area contributed by atoms with E-state index in [2.05, 4.69) is 5.32 Å². The number of amides is 1. The molecule has 1 aromatic heterocycles. The van der Waals surface area contributed by atoms with Crippen molar-refractivity contribution < 1.29 is 17.9 Å². The van der Waals surface area contributed by atoms with Gasteiger partial charge in [-0.15, -0.1) is 11.3 Å².